The molecule has 32 heavy (non-hydrogen) atoms. The Morgan fingerprint density at radius 1 is 0.938 bits per heavy atom. The Morgan fingerprint density at radius 2 is 1.69 bits per heavy atom. The zero-order valence-electron chi connectivity index (χ0n) is 18.4. The van der Waals surface area contributed by atoms with Crippen LogP contribution in [-0.4, -0.2) is 50.8 Å². The van der Waals surface area contributed by atoms with E-state index in [9.17, 15) is 4.79 Å². The first-order chi connectivity index (χ1) is 15.6. The molecular weight excluding hydrogens is 398 g/mol. The van der Waals surface area contributed by atoms with Crippen LogP contribution in [0.25, 0.3) is 11.5 Å². The molecule has 2 aromatic carbocycles. The SMILES string of the molecule is Cc1cccc(N2CCN(C(=O)c3cnn(-c4ccccc4)c3-n3cccc3)C[C@H]2C)c1. The molecule has 162 valence electrons. The van der Waals surface area contributed by atoms with E-state index in [1.54, 1.807) is 6.20 Å². The Morgan fingerprint density at radius 3 is 2.41 bits per heavy atom. The molecular formula is C26H27N5O. The third kappa shape index (κ3) is 3.68. The predicted octanol–water partition coefficient (Wildman–Crippen LogP) is 4.32. The highest BCUT2D eigenvalue weighted by atomic mass is 16.2. The summed E-state index contributed by atoms with van der Waals surface area (Å²) in [6, 6.07) is 22.6. The monoisotopic (exact) mass is 425 g/mol. The number of piperazine rings is 1. The van der Waals surface area contributed by atoms with E-state index in [0.717, 1.165) is 18.1 Å². The van der Waals surface area contributed by atoms with E-state index in [1.165, 1.54) is 11.3 Å². The lowest BCUT2D eigenvalue weighted by Crippen LogP contribution is -2.53. The number of anilines is 1. The number of aryl methyl sites for hydroxylation is 1. The molecule has 0 unspecified atom stereocenters. The van der Waals surface area contributed by atoms with Crippen LogP contribution in [0.5, 0.6) is 0 Å². The van der Waals surface area contributed by atoms with E-state index in [0.29, 0.717) is 18.7 Å². The summed E-state index contributed by atoms with van der Waals surface area (Å²) in [6.45, 7) is 6.46. The highest BCUT2D eigenvalue weighted by Gasteiger charge is 2.30. The van der Waals surface area contributed by atoms with Gasteiger partial charge in [-0.2, -0.15) is 5.10 Å². The molecule has 1 saturated heterocycles. The number of carbonyl (C=O) groups excluding carboxylic acids is 1. The molecule has 6 heteroatoms. The zero-order valence-corrected chi connectivity index (χ0v) is 18.4. The number of aromatic nitrogens is 3. The molecule has 1 aliphatic rings. The van der Waals surface area contributed by atoms with E-state index in [1.807, 2.05) is 69.0 Å². The molecule has 0 saturated carbocycles. The smallest absolute Gasteiger partial charge is 0.259 e. The van der Waals surface area contributed by atoms with Crippen molar-refractivity contribution in [2.24, 2.45) is 0 Å². The van der Waals surface area contributed by atoms with Crippen molar-refractivity contribution in [2.45, 2.75) is 19.9 Å². The third-order valence-electron chi connectivity index (χ3n) is 6.07. The Bertz CT molecular complexity index is 1210. The summed E-state index contributed by atoms with van der Waals surface area (Å²) in [4.78, 5) is 18.0. The molecule has 1 aliphatic heterocycles. The van der Waals surface area contributed by atoms with E-state index in [4.69, 9.17) is 0 Å². The van der Waals surface area contributed by atoms with Crippen molar-refractivity contribution in [1.29, 1.82) is 0 Å². The van der Waals surface area contributed by atoms with Crippen molar-refractivity contribution in [3.63, 3.8) is 0 Å². The van der Waals surface area contributed by atoms with Gasteiger partial charge in [-0.25, -0.2) is 4.68 Å². The van der Waals surface area contributed by atoms with Crippen LogP contribution in [-0.2, 0) is 0 Å². The second kappa shape index (κ2) is 8.38. The molecule has 0 bridgehead atoms. The van der Waals surface area contributed by atoms with Crippen molar-refractivity contribution in [2.75, 3.05) is 24.5 Å². The van der Waals surface area contributed by atoms with E-state index in [2.05, 4.69) is 48.1 Å². The molecule has 6 nitrogen and oxygen atoms in total. The summed E-state index contributed by atoms with van der Waals surface area (Å²) in [5.74, 6) is 0.784. The first-order valence-electron chi connectivity index (χ1n) is 11.0. The van der Waals surface area contributed by atoms with Gasteiger partial charge in [-0.3, -0.25) is 4.79 Å². The quantitative estimate of drug-likeness (QED) is 0.489. The van der Waals surface area contributed by atoms with Gasteiger partial charge < -0.3 is 14.4 Å². The fraction of sp³-hybridized carbons (Fsp3) is 0.231. The van der Waals surface area contributed by atoms with Gasteiger partial charge in [-0.15, -0.1) is 0 Å². The van der Waals surface area contributed by atoms with Gasteiger partial charge in [0, 0.05) is 43.8 Å². The molecule has 0 N–H and O–H groups in total. The zero-order chi connectivity index (χ0) is 22.1. The molecule has 4 aromatic rings. The Balaban J connectivity index is 1.44. The maximum atomic E-state index is 13.6. The van der Waals surface area contributed by atoms with Crippen LogP contribution in [0.15, 0.2) is 85.3 Å². The highest BCUT2D eigenvalue weighted by Crippen LogP contribution is 2.25. The molecule has 5 rings (SSSR count). The first kappa shape index (κ1) is 20.1. The number of amides is 1. The lowest BCUT2D eigenvalue weighted by molar-refractivity contribution is 0.0726. The van der Waals surface area contributed by atoms with Crippen LogP contribution in [0.1, 0.15) is 22.8 Å². The summed E-state index contributed by atoms with van der Waals surface area (Å²) < 4.78 is 3.79. The van der Waals surface area contributed by atoms with E-state index in [-0.39, 0.29) is 11.9 Å². The molecule has 0 spiro atoms. The van der Waals surface area contributed by atoms with Gasteiger partial charge in [0.05, 0.1) is 11.9 Å². The standard InChI is InChI=1S/C26H27N5O/c1-20-9-8-12-23(17-20)30-16-15-29(19-21(30)2)26(32)24-18-27-31(22-10-4-3-5-11-22)25(24)28-13-6-7-14-28/h3-14,17-18,21H,15-16,19H2,1-2H3/t21-/m1/s1. The topological polar surface area (TPSA) is 46.3 Å². The molecule has 1 atom stereocenters. The predicted molar refractivity (Wildman–Crippen MR) is 127 cm³/mol. The normalized spacial score (nSPS) is 16.4. The minimum Gasteiger partial charge on any atom is -0.365 e. The highest BCUT2D eigenvalue weighted by molar-refractivity contribution is 5.97. The second-order valence-corrected chi connectivity index (χ2v) is 8.35. The summed E-state index contributed by atoms with van der Waals surface area (Å²) in [5, 5.41) is 4.59. The largest absolute Gasteiger partial charge is 0.365 e. The fourth-order valence-corrected chi connectivity index (χ4v) is 4.48. The summed E-state index contributed by atoms with van der Waals surface area (Å²) in [6.07, 6.45) is 5.60. The number of carbonyl (C=O) groups is 1. The molecule has 0 aliphatic carbocycles. The molecule has 0 radical (unpaired) electrons. The third-order valence-corrected chi connectivity index (χ3v) is 6.07. The maximum Gasteiger partial charge on any atom is 0.259 e. The molecule has 1 amide bonds. The number of benzene rings is 2. The van der Waals surface area contributed by atoms with Crippen molar-refractivity contribution in [1.82, 2.24) is 19.2 Å². The van der Waals surface area contributed by atoms with E-state index >= 15 is 0 Å². The van der Waals surface area contributed by atoms with Crippen LogP contribution in [0.3, 0.4) is 0 Å². The van der Waals surface area contributed by atoms with Gasteiger partial charge in [0.1, 0.15) is 5.56 Å². The van der Waals surface area contributed by atoms with Gasteiger partial charge >= 0.3 is 0 Å². The maximum absolute atomic E-state index is 13.6. The second-order valence-electron chi connectivity index (χ2n) is 8.35. The van der Waals surface area contributed by atoms with Crippen LogP contribution >= 0.6 is 0 Å². The van der Waals surface area contributed by atoms with Gasteiger partial charge in [0.15, 0.2) is 5.82 Å². The molecule has 3 heterocycles. The summed E-state index contributed by atoms with van der Waals surface area (Å²) in [5.41, 5.74) is 4.00. The van der Waals surface area contributed by atoms with Gasteiger partial charge in [-0.1, -0.05) is 30.3 Å². The number of hydrogen-bond acceptors (Lipinski definition) is 3. The summed E-state index contributed by atoms with van der Waals surface area (Å²) >= 11 is 0. The van der Waals surface area contributed by atoms with Crippen molar-refractivity contribution in [3.05, 3.63) is 96.4 Å². The van der Waals surface area contributed by atoms with Crippen LogP contribution in [0.2, 0.25) is 0 Å². The van der Waals surface area contributed by atoms with Crippen molar-refractivity contribution in [3.8, 4) is 11.5 Å². The first-order valence-corrected chi connectivity index (χ1v) is 11.0. The Labute approximate surface area is 188 Å². The number of nitrogens with zero attached hydrogens (tertiary/aromatic N) is 5. The van der Waals surface area contributed by atoms with Gasteiger partial charge in [0.2, 0.25) is 0 Å². The average molecular weight is 426 g/mol. The van der Waals surface area contributed by atoms with Crippen LogP contribution in [0, 0.1) is 6.92 Å². The summed E-state index contributed by atoms with van der Waals surface area (Å²) in [7, 11) is 0. The minimum absolute atomic E-state index is 0.0200. The van der Waals surface area contributed by atoms with Gasteiger partial charge in [-0.05, 0) is 55.8 Å². The fourth-order valence-electron chi connectivity index (χ4n) is 4.48. The van der Waals surface area contributed by atoms with Crippen LogP contribution < -0.4 is 4.90 Å². The average Bonchev–Trinajstić information content (AvgIpc) is 3.49. The number of rotatable bonds is 4. The minimum atomic E-state index is 0.0200. The Hall–Kier alpha value is -3.80. The van der Waals surface area contributed by atoms with Crippen molar-refractivity contribution >= 4 is 11.6 Å². The molecule has 2 aromatic heterocycles. The number of hydrogen-bond donors (Lipinski definition) is 0. The number of para-hydroxylation sites is 1. The van der Waals surface area contributed by atoms with Crippen LogP contribution in [0.4, 0.5) is 5.69 Å². The lowest BCUT2D eigenvalue weighted by atomic mass is 10.1. The lowest BCUT2D eigenvalue weighted by Gasteiger charge is -2.41. The van der Waals surface area contributed by atoms with Gasteiger partial charge in [0.25, 0.3) is 5.91 Å². The van der Waals surface area contributed by atoms with Crippen molar-refractivity contribution < 1.29 is 4.79 Å². The molecule has 1 fully saturated rings. The Kier molecular flexibility index (Phi) is 5.27. The van der Waals surface area contributed by atoms with E-state index < -0.39 is 0 Å².